The minimum Gasteiger partial charge on any atom is -0.310 e. The van der Waals surface area contributed by atoms with Gasteiger partial charge in [0.05, 0.1) is 11.2 Å². The highest BCUT2D eigenvalue weighted by Gasteiger charge is 2.32. The Morgan fingerprint density at radius 2 is 2.09 bits per heavy atom. The van der Waals surface area contributed by atoms with Crippen LogP contribution in [0.3, 0.4) is 0 Å². The second-order valence-electron chi connectivity index (χ2n) is 9.89. The molecule has 2 atom stereocenters. The molecule has 3 aromatic rings. The van der Waals surface area contributed by atoms with Gasteiger partial charge in [-0.1, -0.05) is 37.9 Å². The van der Waals surface area contributed by atoms with Gasteiger partial charge in [-0.2, -0.15) is 5.10 Å². The third-order valence-corrected chi connectivity index (χ3v) is 7.07. The number of fused-ring (bicyclic) bond motifs is 1. The molecule has 0 bridgehead atoms. The number of rotatable bonds is 4. The number of nitrogens with zero attached hydrogens (tertiary/aromatic N) is 4. The van der Waals surface area contributed by atoms with Gasteiger partial charge in [-0.05, 0) is 54.7 Å². The largest absolute Gasteiger partial charge is 0.310 e. The van der Waals surface area contributed by atoms with E-state index in [0.29, 0.717) is 16.8 Å². The summed E-state index contributed by atoms with van der Waals surface area (Å²) in [6.45, 7) is 5.39. The van der Waals surface area contributed by atoms with Crippen LogP contribution in [0.4, 0.5) is 5.82 Å². The van der Waals surface area contributed by atoms with Crippen molar-refractivity contribution in [3.63, 3.8) is 0 Å². The zero-order valence-electron chi connectivity index (χ0n) is 18.5. The highest BCUT2D eigenvalue weighted by Crippen LogP contribution is 2.40. The normalized spacial score (nSPS) is 21.8. The fraction of sp³-hybridized carbons (Fsp3) is 0.440. The minimum atomic E-state index is -0.0314. The third kappa shape index (κ3) is 4.16. The first-order valence-electron chi connectivity index (χ1n) is 11.3. The summed E-state index contributed by atoms with van der Waals surface area (Å²) in [5.74, 6) is 0.909. The summed E-state index contributed by atoms with van der Waals surface area (Å²) in [5, 5.41) is 8.17. The lowest BCUT2D eigenvalue weighted by molar-refractivity contribution is -0.120. The van der Waals surface area contributed by atoms with Gasteiger partial charge in [0, 0.05) is 47.9 Å². The number of anilines is 1. The van der Waals surface area contributed by atoms with Gasteiger partial charge >= 0.3 is 0 Å². The maximum atomic E-state index is 13.1. The molecule has 3 aromatic heterocycles. The Labute approximate surface area is 193 Å². The molecule has 4 heterocycles. The highest BCUT2D eigenvalue weighted by molar-refractivity contribution is 6.33. The molecule has 1 fully saturated rings. The number of hydrogen-bond donors (Lipinski definition) is 1. The molecule has 1 aliphatic heterocycles. The smallest absolute Gasteiger partial charge is 0.228 e. The molecule has 1 aliphatic carbocycles. The molecule has 166 valence electrons. The number of nitrogens with one attached hydrogen (secondary N) is 1. The Bertz CT molecular complexity index is 1140. The van der Waals surface area contributed by atoms with E-state index in [1.807, 2.05) is 24.5 Å². The molecule has 6 nitrogen and oxygen atoms in total. The van der Waals surface area contributed by atoms with E-state index in [9.17, 15) is 4.79 Å². The molecule has 2 aliphatic rings. The molecular formula is C25H28ClN5O. The van der Waals surface area contributed by atoms with Gasteiger partial charge in [-0.25, -0.2) is 4.98 Å². The standard InChI is InChI=1S/C25H28ClN5O/c1-25(2)11-22-20(13-29-31(22)15-25)19-10-23(28-14-21(19)26)30-24(32)17-6-3-5-16(9-17)18-7-4-8-27-12-18/h4,7-8,10,12-14,16-17H,3,5-6,9,11,15H2,1-2H3,(H,28,30,32)/t16-,17-/m1/s1. The van der Waals surface area contributed by atoms with Crippen LogP contribution in [0.25, 0.3) is 11.1 Å². The lowest BCUT2D eigenvalue weighted by atomic mass is 9.78. The molecule has 32 heavy (non-hydrogen) atoms. The molecule has 5 rings (SSSR count). The van der Waals surface area contributed by atoms with Crippen LogP contribution in [0, 0.1) is 11.3 Å². The van der Waals surface area contributed by atoms with Gasteiger partial charge < -0.3 is 5.32 Å². The van der Waals surface area contributed by atoms with Gasteiger partial charge in [-0.15, -0.1) is 0 Å². The van der Waals surface area contributed by atoms with Gasteiger partial charge in [0.2, 0.25) is 5.91 Å². The van der Waals surface area contributed by atoms with Crippen LogP contribution in [0.15, 0.2) is 43.0 Å². The van der Waals surface area contributed by atoms with Crippen molar-refractivity contribution >= 4 is 23.3 Å². The Balaban J connectivity index is 1.33. The summed E-state index contributed by atoms with van der Waals surface area (Å²) in [4.78, 5) is 21.7. The van der Waals surface area contributed by atoms with Gasteiger partial charge in [0.1, 0.15) is 5.82 Å². The Kier molecular flexibility index (Phi) is 5.49. The molecule has 0 saturated heterocycles. The lowest BCUT2D eigenvalue weighted by Gasteiger charge is -2.28. The van der Waals surface area contributed by atoms with E-state index in [4.69, 9.17) is 11.6 Å². The number of carbonyl (C=O) groups is 1. The Morgan fingerprint density at radius 3 is 2.91 bits per heavy atom. The number of amides is 1. The summed E-state index contributed by atoms with van der Waals surface area (Å²) in [6, 6.07) is 5.95. The van der Waals surface area contributed by atoms with E-state index >= 15 is 0 Å². The van der Waals surface area contributed by atoms with E-state index in [-0.39, 0.29) is 17.2 Å². The Hall–Kier alpha value is -2.73. The molecular weight excluding hydrogens is 422 g/mol. The third-order valence-electron chi connectivity index (χ3n) is 6.77. The van der Waals surface area contributed by atoms with E-state index in [0.717, 1.165) is 49.8 Å². The maximum absolute atomic E-state index is 13.1. The van der Waals surface area contributed by atoms with Gasteiger partial charge in [0.15, 0.2) is 0 Å². The van der Waals surface area contributed by atoms with Crippen LogP contribution in [-0.2, 0) is 17.8 Å². The van der Waals surface area contributed by atoms with Gasteiger partial charge in [-0.3, -0.25) is 14.5 Å². The average Bonchev–Trinajstić information content (AvgIpc) is 3.30. The average molecular weight is 450 g/mol. The summed E-state index contributed by atoms with van der Waals surface area (Å²) in [5.41, 5.74) is 4.48. The zero-order chi connectivity index (χ0) is 22.3. The van der Waals surface area contributed by atoms with Crippen LogP contribution in [0.5, 0.6) is 0 Å². The van der Waals surface area contributed by atoms with Crippen molar-refractivity contribution in [3.8, 4) is 11.1 Å². The predicted octanol–water partition coefficient (Wildman–Crippen LogP) is 5.49. The molecule has 0 aromatic carbocycles. The van der Waals surface area contributed by atoms with E-state index in [2.05, 4.69) is 45.0 Å². The topological polar surface area (TPSA) is 72.7 Å². The van der Waals surface area contributed by atoms with Gasteiger partial charge in [0.25, 0.3) is 0 Å². The van der Waals surface area contributed by atoms with E-state index < -0.39 is 0 Å². The molecule has 1 saturated carbocycles. The van der Waals surface area contributed by atoms with Crippen LogP contribution >= 0.6 is 11.6 Å². The predicted molar refractivity (Wildman–Crippen MR) is 126 cm³/mol. The number of aromatic nitrogens is 4. The minimum absolute atomic E-state index is 0.0285. The van der Waals surface area contributed by atoms with Crippen molar-refractivity contribution in [3.05, 3.63) is 59.3 Å². The first kappa shape index (κ1) is 21.1. The number of hydrogen-bond acceptors (Lipinski definition) is 4. The second-order valence-corrected chi connectivity index (χ2v) is 10.3. The molecule has 7 heteroatoms. The fourth-order valence-corrected chi connectivity index (χ4v) is 5.37. The van der Waals surface area contributed by atoms with E-state index in [1.54, 1.807) is 12.4 Å². The fourth-order valence-electron chi connectivity index (χ4n) is 5.16. The summed E-state index contributed by atoms with van der Waals surface area (Å²) in [6.07, 6.45) is 12.0. The monoisotopic (exact) mass is 449 g/mol. The number of halogens is 1. The number of carbonyl (C=O) groups excluding carboxylic acids is 1. The van der Waals surface area contributed by atoms with Crippen molar-refractivity contribution in [2.24, 2.45) is 11.3 Å². The van der Waals surface area contributed by atoms with Crippen LogP contribution in [0.1, 0.15) is 56.7 Å². The second kappa shape index (κ2) is 8.32. The lowest BCUT2D eigenvalue weighted by Crippen LogP contribution is -2.27. The first-order chi connectivity index (χ1) is 15.4. The van der Waals surface area contributed by atoms with Crippen molar-refractivity contribution in [2.45, 2.75) is 58.4 Å². The number of pyridine rings is 2. The van der Waals surface area contributed by atoms with Crippen molar-refractivity contribution in [1.29, 1.82) is 0 Å². The Morgan fingerprint density at radius 1 is 1.22 bits per heavy atom. The molecule has 0 spiro atoms. The molecule has 0 radical (unpaired) electrons. The van der Waals surface area contributed by atoms with Crippen LogP contribution < -0.4 is 5.32 Å². The quantitative estimate of drug-likeness (QED) is 0.571. The molecule has 1 N–H and O–H groups in total. The summed E-state index contributed by atoms with van der Waals surface area (Å²) >= 11 is 6.51. The molecule has 0 unspecified atom stereocenters. The van der Waals surface area contributed by atoms with Crippen molar-refractivity contribution in [1.82, 2.24) is 19.7 Å². The zero-order valence-corrected chi connectivity index (χ0v) is 19.3. The maximum Gasteiger partial charge on any atom is 0.228 e. The highest BCUT2D eigenvalue weighted by atomic mass is 35.5. The van der Waals surface area contributed by atoms with Crippen molar-refractivity contribution < 1.29 is 4.79 Å². The van der Waals surface area contributed by atoms with Crippen molar-refractivity contribution in [2.75, 3.05) is 5.32 Å². The summed E-state index contributed by atoms with van der Waals surface area (Å²) < 4.78 is 2.06. The summed E-state index contributed by atoms with van der Waals surface area (Å²) in [7, 11) is 0. The SMILES string of the molecule is CC1(C)Cc2c(-c3cc(NC(=O)[C@@H]4CCC[C@@H](c5cccnc5)C4)ncc3Cl)cnn2C1. The van der Waals surface area contributed by atoms with Crippen LogP contribution in [-0.4, -0.2) is 25.7 Å². The van der Waals surface area contributed by atoms with E-state index in [1.165, 1.54) is 11.3 Å². The first-order valence-corrected chi connectivity index (χ1v) is 11.7. The van der Waals surface area contributed by atoms with Crippen LogP contribution in [0.2, 0.25) is 5.02 Å². The molecule has 1 amide bonds.